The number of hydrogen-bond donors (Lipinski definition) is 2. The Balaban J connectivity index is 0.00000182. The third-order valence-corrected chi connectivity index (χ3v) is 4.14. The highest BCUT2D eigenvalue weighted by Gasteiger charge is 2.18. The van der Waals surface area contributed by atoms with E-state index >= 15 is 0 Å². The van der Waals surface area contributed by atoms with Crippen molar-refractivity contribution in [2.75, 3.05) is 40.0 Å². The smallest absolute Gasteiger partial charge is 0.253 e. The van der Waals surface area contributed by atoms with Crippen LogP contribution in [-0.2, 0) is 0 Å². The predicted octanol–water partition coefficient (Wildman–Crippen LogP) is 3.11. The number of methoxy groups -OCH3 is 1. The highest BCUT2D eigenvalue weighted by molar-refractivity contribution is 6.15. The van der Waals surface area contributed by atoms with Crippen LogP contribution in [0.25, 0.3) is 21.8 Å². The van der Waals surface area contributed by atoms with Gasteiger partial charge in [0.1, 0.15) is 5.75 Å². The van der Waals surface area contributed by atoms with E-state index in [0.29, 0.717) is 34.4 Å². The summed E-state index contributed by atoms with van der Waals surface area (Å²) in [5.41, 5.74) is 8.75. The van der Waals surface area contributed by atoms with Crippen LogP contribution in [0.15, 0.2) is 36.4 Å². The summed E-state index contributed by atoms with van der Waals surface area (Å²) in [7, 11) is 5.51. The molecule has 0 radical (unpaired) electrons. The zero-order valence-electron chi connectivity index (χ0n) is 15.5. The summed E-state index contributed by atoms with van der Waals surface area (Å²) in [5.74, 6) is 0.437. The van der Waals surface area contributed by atoms with Crippen LogP contribution in [0.5, 0.6) is 5.75 Å². The first-order valence-corrected chi connectivity index (χ1v) is 8.10. The van der Waals surface area contributed by atoms with E-state index in [-0.39, 0.29) is 30.7 Å². The van der Waals surface area contributed by atoms with Gasteiger partial charge in [-0.25, -0.2) is 4.98 Å². The third kappa shape index (κ3) is 4.53. The zero-order valence-corrected chi connectivity index (χ0v) is 17.1. The molecule has 1 amide bonds. The Morgan fingerprint density at radius 1 is 1.19 bits per heavy atom. The highest BCUT2D eigenvalue weighted by atomic mass is 35.5. The van der Waals surface area contributed by atoms with Gasteiger partial charge in [0, 0.05) is 18.5 Å². The quantitative estimate of drug-likeness (QED) is 0.631. The van der Waals surface area contributed by atoms with Gasteiger partial charge in [-0.2, -0.15) is 0 Å². The van der Waals surface area contributed by atoms with E-state index in [0.717, 1.165) is 17.4 Å². The molecular weight excluding hydrogens is 387 g/mol. The number of anilines is 1. The van der Waals surface area contributed by atoms with Crippen molar-refractivity contribution >= 4 is 58.2 Å². The Morgan fingerprint density at radius 3 is 2.56 bits per heavy atom. The maximum absolute atomic E-state index is 12.6. The first-order chi connectivity index (χ1) is 12.0. The largest absolute Gasteiger partial charge is 0.496 e. The molecule has 0 aliphatic heterocycles. The molecular formula is C19H24Cl2N4O2. The van der Waals surface area contributed by atoms with Crippen LogP contribution in [-0.4, -0.2) is 50.1 Å². The third-order valence-electron chi connectivity index (χ3n) is 4.14. The number of nitrogens with two attached hydrogens (primary N) is 1. The van der Waals surface area contributed by atoms with E-state index in [9.17, 15) is 4.79 Å². The lowest BCUT2D eigenvalue weighted by atomic mass is 10.0. The second kappa shape index (κ2) is 9.60. The van der Waals surface area contributed by atoms with Crippen LogP contribution in [0.3, 0.4) is 0 Å². The van der Waals surface area contributed by atoms with E-state index in [4.69, 9.17) is 10.5 Å². The number of pyridine rings is 1. The second-order valence-corrected chi connectivity index (χ2v) is 6.14. The van der Waals surface area contributed by atoms with Crippen molar-refractivity contribution in [2.45, 2.75) is 0 Å². The van der Waals surface area contributed by atoms with Gasteiger partial charge in [0.25, 0.3) is 5.91 Å². The number of hydrogen-bond acceptors (Lipinski definition) is 5. The second-order valence-electron chi connectivity index (χ2n) is 6.14. The van der Waals surface area contributed by atoms with Crippen molar-refractivity contribution in [3.05, 3.63) is 42.0 Å². The molecule has 27 heavy (non-hydrogen) atoms. The Kier molecular flexibility index (Phi) is 8.09. The zero-order chi connectivity index (χ0) is 18.0. The first-order valence-electron chi connectivity index (χ1n) is 8.10. The Labute approximate surface area is 170 Å². The molecule has 1 heterocycles. The highest BCUT2D eigenvalue weighted by Crippen LogP contribution is 2.36. The molecule has 1 aromatic heterocycles. The van der Waals surface area contributed by atoms with Crippen molar-refractivity contribution < 1.29 is 9.53 Å². The normalized spacial score (nSPS) is 10.4. The van der Waals surface area contributed by atoms with E-state index in [1.54, 1.807) is 19.2 Å². The number of likely N-dealkylation sites (N-methyl/N-ethyl adjacent to an activating group) is 1. The average molecular weight is 411 g/mol. The molecule has 6 nitrogen and oxygen atoms in total. The molecule has 3 N–H and O–H groups in total. The lowest BCUT2D eigenvalue weighted by molar-refractivity contribution is 0.0952. The minimum atomic E-state index is -0.170. The SMILES string of the molecule is COc1ccc(C(=O)NCCN(C)C)c2nc3ccccc3c(N)c12.Cl.Cl. The lowest BCUT2D eigenvalue weighted by Crippen LogP contribution is -2.31. The van der Waals surface area contributed by atoms with Crippen LogP contribution in [0.2, 0.25) is 0 Å². The number of nitrogen functional groups attached to an aromatic ring is 1. The van der Waals surface area contributed by atoms with Crippen molar-refractivity contribution in [1.29, 1.82) is 0 Å². The van der Waals surface area contributed by atoms with Gasteiger partial charge in [-0.3, -0.25) is 4.79 Å². The van der Waals surface area contributed by atoms with Gasteiger partial charge in [0.15, 0.2) is 0 Å². The van der Waals surface area contributed by atoms with Gasteiger partial charge < -0.3 is 20.7 Å². The Hall–Kier alpha value is -2.28. The van der Waals surface area contributed by atoms with Crippen LogP contribution in [0, 0.1) is 0 Å². The van der Waals surface area contributed by atoms with Gasteiger partial charge in [-0.15, -0.1) is 24.8 Å². The van der Waals surface area contributed by atoms with E-state index in [1.807, 2.05) is 43.3 Å². The standard InChI is InChI=1S/C19H22N4O2.2ClH/c1-23(2)11-10-21-19(24)13-8-9-15(25-3)16-17(20)12-6-4-5-7-14(12)22-18(13)16;;/h4-9H,10-11H2,1-3H3,(H2,20,22)(H,21,24);2*1H. The fraction of sp³-hybridized carbons (Fsp3) is 0.263. The molecule has 8 heteroatoms. The molecule has 2 aromatic carbocycles. The fourth-order valence-electron chi connectivity index (χ4n) is 2.84. The minimum absolute atomic E-state index is 0. The molecule has 0 unspecified atom stereocenters. The lowest BCUT2D eigenvalue weighted by Gasteiger charge is -2.14. The average Bonchev–Trinajstić information content (AvgIpc) is 2.60. The molecule has 0 aliphatic carbocycles. The summed E-state index contributed by atoms with van der Waals surface area (Å²) < 4.78 is 5.45. The molecule has 0 atom stereocenters. The van der Waals surface area contributed by atoms with Crippen molar-refractivity contribution in [2.24, 2.45) is 0 Å². The first kappa shape index (κ1) is 22.8. The molecule has 146 valence electrons. The molecule has 3 rings (SSSR count). The molecule has 0 fully saturated rings. The number of nitrogens with one attached hydrogen (secondary N) is 1. The van der Waals surface area contributed by atoms with Crippen molar-refractivity contribution in [1.82, 2.24) is 15.2 Å². The van der Waals surface area contributed by atoms with E-state index in [2.05, 4.69) is 10.3 Å². The summed E-state index contributed by atoms with van der Waals surface area (Å²) in [6.45, 7) is 1.32. The number of nitrogens with zero attached hydrogens (tertiary/aromatic N) is 2. The molecule has 0 bridgehead atoms. The number of carbonyl (C=O) groups is 1. The summed E-state index contributed by atoms with van der Waals surface area (Å²) in [6, 6.07) is 11.1. The number of aromatic nitrogens is 1. The maximum Gasteiger partial charge on any atom is 0.253 e. The van der Waals surface area contributed by atoms with Crippen molar-refractivity contribution in [3.8, 4) is 5.75 Å². The molecule has 3 aromatic rings. The van der Waals surface area contributed by atoms with Crippen LogP contribution < -0.4 is 15.8 Å². The van der Waals surface area contributed by atoms with Gasteiger partial charge in [-0.1, -0.05) is 18.2 Å². The number of carbonyl (C=O) groups excluding carboxylic acids is 1. The van der Waals surface area contributed by atoms with Gasteiger partial charge in [0.05, 0.1) is 34.8 Å². The summed E-state index contributed by atoms with van der Waals surface area (Å²) >= 11 is 0. The van der Waals surface area contributed by atoms with Crippen molar-refractivity contribution in [3.63, 3.8) is 0 Å². The van der Waals surface area contributed by atoms with Gasteiger partial charge in [-0.05, 0) is 32.3 Å². The number of ether oxygens (including phenoxy) is 1. The summed E-state index contributed by atoms with van der Waals surface area (Å²) in [6.07, 6.45) is 0. The van der Waals surface area contributed by atoms with Gasteiger partial charge >= 0.3 is 0 Å². The van der Waals surface area contributed by atoms with Crippen LogP contribution in [0.4, 0.5) is 5.69 Å². The molecule has 0 saturated heterocycles. The Morgan fingerprint density at radius 2 is 1.89 bits per heavy atom. The topological polar surface area (TPSA) is 80.5 Å². The molecule has 0 spiro atoms. The van der Waals surface area contributed by atoms with Crippen LogP contribution >= 0.6 is 24.8 Å². The van der Waals surface area contributed by atoms with Crippen LogP contribution in [0.1, 0.15) is 10.4 Å². The summed E-state index contributed by atoms with van der Waals surface area (Å²) in [5, 5.41) is 4.44. The van der Waals surface area contributed by atoms with Gasteiger partial charge in [0.2, 0.25) is 0 Å². The Bertz CT molecular complexity index is 948. The number of fused-ring (bicyclic) bond motifs is 2. The maximum atomic E-state index is 12.6. The van der Waals surface area contributed by atoms with E-state index < -0.39 is 0 Å². The minimum Gasteiger partial charge on any atom is -0.496 e. The fourth-order valence-corrected chi connectivity index (χ4v) is 2.84. The number of benzene rings is 2. The number of para-hydroxylation sites is 1. The number of rotatable bonds is 5. The molecule has 0 saturated carbocycles. The number of amides is 1. The predicted molar refractivity (Wildman–Crippen MR) is 116 cm³/mol. The summed E-state index contributed by atoms with van der Waals surface area (Å²) in [4.78, 5) is 19.3. The van der Waals surface area contributed by atoms with E-state index in [1.165, 1.54) is 0 Å². The number of halogens is 2. The monoisotopic (exact) mass is 410 g/mol. The molecule has 0 aliphatic rings.